The molecule has 1 N–H and O–H groups in total. The standard InChI is InChI=1S/C27H18ClN3O4S/c28-20-10-13-23(24(15-20)31(33)34)29-27-30-26(32)25(36-27)14-17-8-11-21(12-9-17)35-16-19-6-3-5-18-4-1-2-7-22(18)19/h1-15H,16H2,(H,29,30,32)/b25-14+. The van der Waals surface area contributed by atoms with Crippen LogP contribution in [0.4, 0.5) is 11.4 Å². The summed E-state index contributed by atoms with van der Waals surface area (Å²) < 4.78 is 5.98. The lowest BCUT2D eigenvalue weighted by Gasteiger charge is -2.09. The number of amidine groups is 1. The molecule has 9 heteroatoms. The van der Waals surface area contributed by atoms with Crippen LogP contribution < -0.4 is 10.1 Å². The number of nitro benzene ring substituents is 1. The van der Waals surface area contributed by atoms with Gasteiger partial charge in [-0.3, -0.25) is 14.9 Å². The average Bonchev–Trinajstić information content (AvgIpc) is 3.22. The number of carbonyl (C=O) groups is 1. The topological polar surface area (TPSA) is 93.8 Å². The number of nitro groups is 1. The molecule has 0 saturated carbocycles. The maximum Gasteiger partial charge on any atom is 0.296 e. The van der Waals surface area contributed by atoms with E-state index in [1.807, 2.05) is 42.5 Å². The van der Waals surface area contributed by atoms with Crippen molar-refractivity contribution >= 4 is 62.7 Å². The molecule has 4 aromatic carbocycles. The van der Waals surface area contributed by atoms with E-state index in [0.717, 1.165) is 28.3 Å². The van der Waals surface area contributed by atoms with Crippen LogP contribution in [0.5, 0.6) is 5.75 Å². The van der Waals surface area contributed by atoms with E-state index in [-0.39, 0.29) is 27.5 Å². The highest BCUT2D eigenvalue weighted by Crippen LogP contribution is 2.34. The van der Waals surface area contributed by atoms with Gasteiger partial charge in [0.25, 0.3) is 11.6 Å². The van der Waals surface area contributed by atoms with Crippen molar-refractivity contribution in [3.05, 3.63) is 116 Å². The summed E-state index contributed by atoms with van der Waals surface area (Å²) in [5.74, 6) is 0.387. The van der Waals surface area contributed by atoms with Gasteiger partial charge in [0.05, 0.1) is 9.83 Å². The van der Waals surface area contributed by atoms with Crippen LogP contribution in [0.3, 0.4) is 0 Å². The quantitative estimate of drug-likeness (QED) is 0.172. The van der Waals surface area contributed by atoms with Gasteiger partial charge in [-0.25, -0.2) is 4.99 Å². The van der Waals surface area contributed by atoms with Gasteiger partial charge in [-0.15, -0.1) is 0 Å². The molecule has 0 aliphatic carbocycles. The number of nitrogens with zero attached hydrogens (tertiary/aromatic N) is 2. The lowest BCUT2D eigenvalue weighted by molar-refractivity contribution is -0.384. The molecule has 36 heavy (non-hydrogen) atoms. The fourth-order valence-electron chi connectivity index (χ4n) is 3.72. The largest absolute Gasteiger partial charge is 0.489 e. The van der Waals surface area contributed by atoms with Gasteiger partial charge < -0.3 is 10.1 Å². The van der Waals surface area contributed by atoms with Gasteiger partial charge in [-0.05, 0) is 64.0 Å². The number of ether oxygens (including phenoxy) is 1. The zero-order valence-electron chi connectivity index (χ0n) is 18.7. The second-order valence-corrected chi connectivity index (χ2v) is 9.33. The Morgan fingerprint density at radius 3 is 2.61 bits per heavy atom. The number of thioether (sulfide) groups is 1. The summed E-state index contributed by atoms with van der Waals surface area (Å²) in [4.78, 5) is 27.8. The first-order valence-electron chi connectivity index (χ1n) is 10.9. The Morgan fingerprint density at radius 2 is 1.81 bits per heavy atom. The van der Waals surface area contributed by atoms with E-state index in [1.54, 1.807) is 6.08 Å². The van der Waals surface area contributed by atoms with E-state index in [1.165, 1.54) is 23.6 Å². The van der Waals surface area contributed by atoms with E-state index in [4.69, 9.17) is 16.3 Å². The number of benzene rings is 4. The summed E-state index contributed by atoms with van der Waals surface area (Å²) in [7, 11) is 0. The van der Waals surface area contributed by atoms with Crippen LogP contribution in [0.2, 0.25) is 5.02 Å². The van der Waals surface area contributed by atoms with Crippen LogP contribution in [0.25, 0.3) is 16.8 Å². The van der Waals surface area contributed by atoms with Crippen molar-refractivity contribution in [2.45, 2.75) is 6.61 Å². The zero-order valence-corrected chi connectivity index (χ0v) is 20.3. The number of fused-ring (bicyclic) bond motifs is 1. The molecule has 1 heterocycles. The number of rotatable bonds is 6. The molecule has 1 amide bonds. The molecule has 1 aliphatic heterocycles. The van der Waals surface area contributed by atoms with Gasteiger partial charge in [0, 0.05) is 11.1 Å². The SMILES string of the molecule is O=C1NC(=Nc2ccc(Cl)cc2[N+](=O)[O-])S/C1=C/c1ccc(OCc2cccc3ccccc23)cc1. The Balaban J connectivity index is 1.28. The van der Waals surface area contributed by atoms with E-state index in [9.17, 15) is 14.9 Å². The second-order valence-electron chi connectivity index (χ2n) is 7.87. The van der Waals surface area contributed by atoms with Gasteiger partial charge >= 0.3 is 0 Å². The van der Waals surface area contributed by atoms with Gasteiger partial charge in [0.2, 0.25) is 0 Å². The molecule has 7 nitrogen and oxygen atoms in total. The summed E-state index contributed by atoms with van der Waals surface area (Å²) >= 11 is 6.96. The molecule has 0 radical (unpaired) electrons. The minimum absolute atomic E-state index is 0.112. The van der Waals surface area contributed by atoms with Crippen LogP contribution in [-0.2, 0) is 11.4 Å². The molecule has 1 aliphatic rings. The van der Waals surface area contributed by atoms with E-state index in [0.29, 0.717) is 17.3 Å². The highest BCUT2D eigenvalue weighted by Gasteiger charge is 2.25. The molecule has 178 valence electrons. The van der Waals surface area contributed by atoms with Crippen LogP contribution >= 0.6 is 23.4 Å². The highest BCUT2D eigenvalue weighted by molar-refractivity contribution is 8.18. The maximum absolute atomic E-state index is 12.4. The summed E-state index contributed by atoms with van der Waals surface area (Å²) in [5, 5.41) is 16.8. The molecular weight excluding hydrogens is 498 g/mol. The maximum atomic E-state index is 12.4. The Kier molecular flexibility index (Phi) is 6.71. The lowest BCUT2D eigenvalue weighted by atomic mass is 10.1. The first kappa shape index (κ1) is 23.6. The van der Waals surface area contributed by atoms with E-state index in [2.05, 4.69) is 34.6 Å². The molecular formula is C27H18ClN3O4S. The van der Waals surface area contributed by atoms with Crippen molar-refractivity contribution in [1.82, 2.24) is 5.32 Å². The van der Waals surface area contributed by atoms with E-state index < -0.39 is 4.92 Å². The minimum Gasteiger partial charge on any atom is -0.489 e. The number of amides is 1. The molecule has 0 unspecified atom stereocenters. The van der Waals surface area contributed by atoms with Crippen molar-refractivity contribution in [2.75, 3.05) is 0 Å². The lowest BCUT2D eigenvalue weighted by Crippen LogP contribution is -2.19. The summed E-state index contributed by atoms with van der Waals surface area (Å²) in [5.41, 5.74) is 1.79. The predicted octanol–water partition coefficient (Wildman–Crippen LogP) is 6.87. The Labute approximate surface area is 215 Å². The average molecular weight is 516 g/mol. The Bertz CT molecular complexity index is 1550. The normalized spacial score (nSPS) is 15.4. The summed E-state index contributed by atoms with van der Waals surface area (Å²) in [6.07, 6.45) is 1.73. The van der Waals surface area contributed by atoms with Gasteiger partial charge in [-0.2, -0.15) is 0 Å². The molecule has 0 aromatic heterocycles. The number of nitrogens with one attached hydrogen (secondary N) is 1. The predicted molar refractivity (Wildman–Crippen MR) is 144 cm³/mol. The van der Waals surface area contributed by atoms with Gasteiger partial charge in [0.1, 0.15) is 18.0 Å². The third-order valence-electron chi connectivity index (χ3n) is 5.46. The molecule has 4 aromatic rings. The highest BCUT2D eigenvalue weighted by atomic mass is 35.5. The molecule has 0 atom stereocenters. The monoisotopic (exact) mass is 515 g/mol. The number of aliphatic imine (C=N–C) groups is 1. The van der Waals surface area contributed by atoms with Crippen LogP contribution in [-0.4, -0.2) is 16.0 Å². The smallest absolute Gasteiger partial charge is 0.296 e. The second kappa shape index (κ2) is 10.2. The molecule has 5 rings (SSSR count). The molecule has 1 fully saturated rings. The van der Waals surface area contributed by atoms with Crippen LogP contribution in [0, 0.1) is 10.1 Å². The number of hydrogen-bond donors (Lipinski definition) is 1. The summed E-state index contributed by atoms with van der Waals surface area (Å²) in [6, 6.07) is 25.9. The Morgan fingerprint density at radius 1 is 1.03 bits per heavy atom. The molecule has 1 saturated heterocycles. The molecule has 0 bridgehead atoms. The zero-order chi connectivity index (χ0) is 25.1. The number of halogens is 1. The van der Waals surface area contributed by atoms with Crippen molar-refractivity contribution in [3.8, 4) is 5.75 Å². The van der Waals surface area contributed by atoms with Crippen molar-refractivity contribution < 1.29 is 14.5 Å². The van der Waals surface area contributed by atoms with Gasteiger partial charge in [0.15, 0.2) is 5.17 Å². The third-order valence-corrected chi connectivity index (χ3v) is 6.60. The van der Waals surface area contributed by atoms with Crippen molar-refractivity contribution in [3.63, 3.8) is 0 Å². The fourth-order valence-corrected chi connectivity index (χ4v) is 4.72. The number of carbonyl (C=O) groups excluding carboxylic acids is 1. The van der Waals surface area contributed by atoms with Gasteiger partial charge in [-0.1, -0.05) is 66.2 Å². The minimum atomic E-state index is -0.562. The van der Waals surface area contributed by atoms with E-state index >= 15 is 0 Å². The molecule has 0 spiro atoms. The first-order valence-corrected chi connectivity index (χ1v) is 12.1. The fraction of sp³-hybridized carbons (Fsp3) is 0.0370. The third kappa shape index (κ3) is 5.25. The Hall–Kier alpha value is -4.14. The van der Waals surface area contributed by atoms with Crippen molar-refractivity contribution in [2.24, 2.45) is 4.99 Å². The number of hydrogen-bond acceptors (Lipinski definition) is 6. The van der Waals surface area contributed by atoms with Crippen LogP contribution in [0.15, 0.2) is 94.8 Å². The van der Waals surface area contributed by atoms with Crippen molar-refractivity contribution in [1.29, 1.82) is 0 Å². The first-order chi connectivity index (χ1) is 17.5. The van der Waals surface area contributed by atoms with Crippen LogP contribution in [0.1, 0.15) is 11.1 Å². The summed E-state index contributed by atoms with van der Waals surface area (Å²) in [6.45, 7) is 0.441.